The molecule has 9 heteroatoms. The molecule has 0 N–H and O–H groups in total. The molecule has 0 radical (unpaired) electrons. The van der Waals surface area contributed by atoms with Gasteiger partial charge in [-0.15, -0.1) is 0 Å². The molecule has 0 saturated carbocycles. The van der Waals surface area contributed by atoms with Crippen molar-refractivity contribution in [3.8, 4) is 0 Å². The van der Waals surface area contributed by atoms with Crippen LogP contribution in [0.3, 0.4) is 0 Å². The molecule has 1 unspecified atom stereocenters. The Morgan fingerprint density at radius 1 is 1.21 bits per heavy atom. The molecule has 3 aromatic rings. The molecule has 1 aromatic heterocycles. The lowest BCUT2D eigenvalue weighted by Gasteiger charge is -2.30. The molecule has 1 amide bonds. The summed E-state index contributed by atoms with van der Waals surface area (Å²) in [6.07, 6.45) is 1.16. The SMILES string of the molecule is CCn1c(=NC(=O)C2CCCN(S(=O)(=O)c3ccc(F)cc3)C2)sc2cc(C(C)C)ccc21. The molecule has 1 atom stereocenters. The summed E-state index contributed by atoms with van der Waals surface area (Å²) in [4.78, 5) is 18.2. The average Bonchev–Trinajstić information content (AvgIpc) is 3.15. The molecule has 2 aromatic carbocycles. The Kier molecular flexibility index (Phi) is 6.83. The van der Waals surface area contributed by atoms with Gasteiger partial charge >= 0.3 is 0 Å². The molecule has 0 spiro atoms. The van der Waals surface area contributed by atoms with Crippen molar-refractivity contribution in [2.24, 2.45) is 10.9 Å². The van der Waals surface area contributed by atoms with Crippen LogP contribution in [0, 0.1) is 11.7 Å². The van der Waals surface area contributed by atoms with E-state index in [-0.39, 0.29) is 17.3 Å². The Hall–Kier alpha value is -2.36. The van der Waals surface area contributed by atoms with Gasteiger partial charge in [0.2, 0.25) is 10.0 Å². The zero-order chi connectivity index (χ0) is 23.8. The van der Waals surface area contributed by atoms with Gasteiger partial charge in [0.1, 0.15) is 5.82 Å². The molecule has 6 nitrogen and oxygen atoms in total. The highest BCUT2D eigenvalue weighted by Gasteiger charge is 2.33. The van der Waals surface area contributed by atoms with Gasteiger partial charge in [-0.2, -0.15) is 9.30 Å². The fourth-order valence-electron chi connectivity index (χ4n) is 4.14. The third kappa shape index (κ3) is 4.81. The quantitative estimate of drug-likeness (QED) is 0.529. The molecule has 1 saturated heterocycles. The molecule has 176 valence electrons. The van der Waals surface area contributed by atoms with E-state index in [1.807, 2.05) is 11.5 Å². The van der Waals surface area contributed by atoms with Crippen LogP contribution in [0.4, 0.5) is 4.39 Å². The second-order valence-corrected chi connectivity index (χ2v) is 11.6. The number of rotatable bonds is 5. The highest BCUT2D eigenvalue weighted by Crippen LogP contribution is 2.26. The third-order valence-corrected chi connectivity index (χ3v) is 9.00. The molecule has 0 aliphatic carbocycles. The summed E-state index contributed by atoms with van der Waals surface area (Å²) in [6.45, 7) is 7.40. The van der Waals surface area contributed by atoms with Crippen LogP contribution in [0.5, 0.6) is 0 Å². The molecule has 0 bridgehead atoms. The molecular formula is C24H28FN3O3S2. The zero-order valence-corrected chi connectivity index (χ0v) is 20.6. The van der Waals surface area contributed by atoms with Crippen LogP contribution in [0.1, 0.15) is 45.1 Å². The lowest BCUT2D eigenvalue weighted by molar-refractivity contribution is -0.122. The Morgan fingerprint density at radius 2 is 1.94 bits per heavy atom. The minimum atomic E-state index is -3.79. The topological polar surface area (TPSA) is 71.7 Å². The number of carbonyl (C=O) groups excluding carboxylic acids is 1. The van der Waals surface area contributed by atoms with Crippen LogP contribution in [-0.4, -0.2) is 36.3 Å². The number of hydrogen-bond acceptors (Lipinski definition) is 4. The van der Waals surface area contributed by atoms with Crippen molar-refractivity contribution in [2.75, 3.05) is 13.1 Å². The molecule has 1 fully saturated rings. The van der Waals surface area contributed by atoms with E-state index >= 15 is 0 Å². The van der Waals surface area contributed by atoms with E-state index in [9.17, 15) is 17.6 Å². The maximum absolute atomic E-state index is 13.2. The molecule has 33 heavy (non-hydrogen) atoms. The number of aromatic nitrogens is 1. The monoisotopic (exact) mass is 489 g/mol. The Labute approximate surface area is 197 Å². The Morgan fingerprint density at radius 3 is 2.61 bits per heavy atom. The predicted molar refractivity (Wildman–Crippen MR) is 128 cm³/mol. The zero-order valence-electron chi connectivity index (χ0n) is 19.0. The van der Waals surface area contributed by atoms with Crippen LogP contribution in [0.2, 0.25) is 0 Å². The lowest BCUT2D eigenvalue weighted by atomic mass is 9.99. The van der Waals surface area contributed by atoms with Crippen LogP contribution in [-0.2, 0) is 21.4 Å². The second-order valence-electron chi connectivity index (χ2n) is 8.62. The number of thiazole rings is 1. The average molecular weight is 490 g/mol. The van der Waals surface area contributed by atoms with Gasteiger partial charge in [-0.3, -0.25) is 4.79 Å². The maximum atomic E-state index is 13.2. The first kappa shape index (κ1) is 23.8. The number of carbonyl (C=O) groups is 1. The van der Waals surface area contributed by atoms with Crippen LogP contribution < -0.4 is 4.80 Å². The summed E-state index contributed by atoms with van der Waals surface area (Å²) in [6, 6.07) is 11.1. The van der Waals surface area contributed by atoms with E-state index in [2.05, 4.69) is 37.0 Å². The Balaban J connectivity index is 1.61. The minimum Gasteiger partial charge on any atom is -0.317 e. The van der Waals surface area contributed by atoms with Crippen LogP contribution in [0.15, 0.2) is 52.4 Å². The van der Waals surface area contributed by atoms with Crippen molar-refractivity contribution < 1.29 is 17.6 Å². The summed E-state index contributed by atoms with van der Waals surface area (Å²) < 4.78 is 43.6. The second kappa shape index (κ2) is 9.48. The number of aryl methyl sites for hydroxylation is 1. The van der Waals surface area contributed by atoms with Gasteiger partial charge in [0, 0.05) is 19.6 Å². The number of amides is 1. The summed E-state index contributed by atoms with van der Waals surface area (Å²) in [5.74, 6) is -0.889. The molecule has 2 heterocycles. The molecule has 1 aliphatic rings. The van der Waals surface area contributed by atoms with Crippen molar-refractivity contribution in [3.05, 3.63) is 58.6 Å². The maximum Gasteiger partial charge on any atom is 0.252 e. The molecule has 4 rings (SSSR count). The van der Waals surface area contributed by atoms with Gasteiger partial charge < -0.3 is 4.57 Å². The first-order valence-electron chi connectivity index (χ1n) is 11.2. The minimum absolute atomic E-state index is 0.0308. The standard InChI is InChI=1S/C24H28FN3O3S2/c1-4-28-21-12-7-17(16(2)3)14-22(21)32-24(28)26-23(29)18-6-5-13-27(15-18)33(30,31)20-10-8-19(25)9-11-20/h7-12,14,16,18H,4-6,13,15H2,1-3H3. The smallest absolute Gasteiger partial charge is 0.252 e. The van der Waals surface area contributed by atoms with Gasteiger partial charge in [-0.25, -0.2) is 12.8 Å². The van der Waals surface area contributed by atoms with Gasteiger partial charge in [0.05, 0.1) is 21.0 Å². The van der Waals surface area contributed by atoms with Gasteiger partial charge in [0.25, 0.3) is 5.91 Å². The number of nitrogens with zero attached hydrogens (tertiary/aromatic N) is 3. The highest BCUT2D eigenvalue weighted by atomic mass is 32.2. The summed E-state index contributed by atoms with van der Waals surface area (Å²) >= 11 is 1.49. The third-order valence-electron chi connectivity index (χ3n) is 6.08. The van der Waals surface area contributed by atoms with Gasteiger partial charge in [-0.1, -0.05) is 31.3 Å². The fourth-order valence-corrected chi connectivity index (χ4v) is 6.81. The van der Waals surface area contributed by atoms with Gasteiger partial charge in [-0.05, 0) is 67.6 Å². The largest absolute Gasteiger partial charge is 0.317 e. The first-order valence-corrected chi connectivity index (χ1v) is 13.4. The lowest BCUT2D eigenvalue weighted by Crippen LogP contribution is -2.42. The van der Waals surface area contributed by atoms with Crippen molar-refractivity contribution in [2.45, 2.75) is 51.0 Å². The van der Waals surface area contributed by atoms with E-state index < -0.39 is 21.8 Å². The fraction of sp³-hybridized carbons (Fsp3) is 0.417. The number of fused-ring (bicyclic) bond motifs is 1. The summed E-state index contributed by atoms with van der Waals surface area (Å²) in [7, 11) is -3.79. The van der Waals surface area contributed by atoms with E-state index in [0.29, 0.717) is 36.7 Å². The number of sulfonamides is 1. The van der Waals surface area contributed by atoms with Crippen molar-refractivity contribution >= 4 is 37.5 Å². The number of benzene rings is 2. The number of halogens is 1. The van der Waals surface area contributed by atoms with Gasteiger partial charge in [0.15, 0.2) is 4.80 Å². The summed E-state index contributed by atoms with van der Waals surface area (Å²) in [5, 5.41) is 0. The van der Waals surface area contributed by atoms with Crippen LogP contribution >= 0.6 is 11.3 Å². The van der Waals surface area contributed by atoms with E-state index in [0.717, 1.165) is 22.3 Å². The molecular weight excluding hydrogens is 461 g/mol. The predicted octanol–water partition coefficient (Wildman–Crippen LogP) is 4.51. The van der Waals surface area contributed by atoms with E-state index in [1.54, 1.807) is 0 Å². The van der Waals surface area contributed by atoms with Crippen molar-refractivity contribution in [3.63, 3.8) is 0 Å². The summed E-state index contributed by atoms with van der Waals surface area (Å²) in [5.41, 5.74) is 2.28. The Bertz CT molecular complexity index is 1340. The molecule has 1 aliphatic heterocycles. The number of piperidine rings is 1. The normalized spacial score (nSPS) is 18.3. The van der Waals surface area contributed by atoms with E-state index in [1.165, 1.54) is 33.3 Å². The van der Waals surface area contributed by atoms with Crippen LogP contribution in [0.25, 0.3) is 10.2 Å². The van der Waals surface area contributed by atoms with E-state index in [4.69, 9.17) is 0 Å². The van der Waals surface area contributed by atoms with Crippen molar-refractivity contribution in [1.82, 2.24) is 8.87 Å². The highest BCUT2D eigenvalue weighted by molar-refractivity contribution is 7.89. The first-order chi connectivity index (χ1) is 15.7. The number of hydrogen-bond donors (Lipinski definition) is 0. The van der Waals surface area contributed by atoms with Crippen molar-refractivity contribution in [1.29, 1.82) is 0 Å².